The Morgan fingerprint density at radius 1 is 1.47 bits per heavy atom. The number of hydrogen-bond acceptors (Lipinski definition) is 4. The smallest absolute Gasteiger partial charge is 0.317 e. The second-order valence-corrected chi connectivity index (χ2v) is 4.58. The molecule has 0 aliphatic carbocycles. The first kappa shape index (κ1) is 15.0. The summed E-state index contributed by atoms with van der Waals surface area (Å²) in [6.07, 6.45) is 0. The fourth-order valence-electron chi connectivity index (χ4n) is 1.63. The van der Waals surface area contributed by atoms with Gasteiger partial charge in [-0.1, -0.05) is 12.1 Å². The molecule has 0 aromatic carbocycles. The summed E-state index contributed by atoms with van der Waals surface area (Å²) in [5.74, 6) is -0.862. The van der Waals surface area contributed by atoms with Crippen LogP contribution in [0.5, 0.6) is 0 Å². The van der Waals surface area contributed by atoms with Crippen LogP contribution in [-0.4, -0.2) is 40.8 Å². The number of aromatic nitrogens is 1. The fraction of sp³-hybridized carbons (Fsp3) is 0.583. The summed E-state index contributed by atoms with van der Waals surface area (Å²) in [6.45, 7) is 5.60. The van der Waals surface area contributed by atoms with Gasteiger partial charge in [0.2, 0.25) is 0 Å². The van der Waals surface area contributed by atoms with Crippen LogP contribution < -0.4 is 5.32 Å². The SMILES string of the molecule is Cc1noc(C)c1CNC(=O)N(C)CC(C)C(=O)O. The second-order valence-electron chi connectivity index (χ2n) is 4.58. The number of carboxylic acids is 1. The van der Waals surface area contributed by atoms with Crippen molar-refractivity contribution < 1.29 is 19.2 Å². The van der Waals surface area contributed by atoms with Crippen LogP contribution in [0.4, 0.5) is 4.79 Å². The maximum Gasteiger partial charge on any atom is 0.317 e. The van der Waals surface area contributed by atoms with Crippen LogP contribution in [0.2, 0.25) is 0 Å². The van der Waals surface area contributed by atoms with Gasteiger partial charge in [-0.05, 0) is 13.8 Å². The molecule has 2 N–H and O–H groups in total. The van der Waals surface area contributed by atoms with Gasteiger partial charge >= 0.3 is 12.0 Å². The molecule has 2 amide bonds. The van der Waals surface area contributed by atoms with Crippen molar-refractivity contribution in [3.8, 4) is 0 Å². The highest BCUT2D eigenvalue weighted by atomic mass is 16.5. The highest BCUT2D eigenvalue weighted by Gasteiger charge is 2.18. The van der Waals surface area contributed by atoms with E-state index in [1.807, 2.05) is 0 Å². The zero-order valence-electron chi connectivity index (χ0n) is 11.6. The lowest BCUT2D eigenvalue weighted by atomic mass is 10.2. The van der Waals surface area contributed by atoms with E-state index in [0.29, 0.717) is 12.3 Å². The van der Waals surface area contributed by atoms with Gasteiger partial charge in [-0.25, -0.2) is 4.79 Å². The van der Waals surface area contributed by atoms with Crippen LogP contribution in [-0.2, 0) is 11.3 Å². The zero-order chi connectivity index (χ0) is 14.6. The molecule has 19 heavy (non-hydrogen) atoms. The normalized spacial score (nSPS) is 12.0. The predicted octanol–water partition coefficient (Wildman–Crippen LogP) is 1.15. The Kier molecular flexibility index (Phi) is 4.91. The van der Waals surface area contributed by atoms with Crippen LogP contribution in [0, 0.1) is 19.8 Å². The van der Waals surface area contributed by atoms with E-state index >= 15 is 0 Å². The summed E-state index contributed by atoms with van der Waals surface area (Å²) >= 11 is 0. The molecule has 1 aromatic heterocycles. The molecule has 0 aliphatic heterocycles. The third kappa shape index (κ3) is 3.97. The summed E-state index contributed by atoms with van der Waals surface area (Å²) in [5, 5.41) is 15.3. The summed E-state index contributed by atoms with van der Waals surface area (Å²) in [4.78, 5) is 23.8. The standard InChI is InChI=1S/C12H19N3O4/c1-7(11(16)17)6-15(4)12(18)13-5-10-8(2)14-19-9(10)3/h7H,5-6H2,1-4H3,(H,13,18)(H,16,17). The van der Waals surface area contributed by atoms with Gasteiger partial charge in [0, 0.05) is 25.7 Å². The monoisotopic (exact) mass is 269 g/mol. The Balaban J connectivity index is 2.49. The van der Waals surface area contributed by atoms with Gasteiger partial charge in [0.15, 0.2) is 0 Å². The van der Waals surface area contributed by atoms with E-state index in [0.717, 1.165) is 11.3 Å². The predicted molar refractivity (Wildman–Crippen MR) is 67.6 cm³/mol. The van der Waals surface area contributed by atoms with Crippen LogP contribution in [0.25, 0.3) is 0 Å². The summed E-state index contributed by atoms with van der Waals surface area (Å²) in [6, 6.07) is -0.326. The average Bonchev–Trinajstić information content (AvgIpc) is 2.65. The minimum Gasteiger partial charge on any atom is -0.481 e. The highest BCUT2D eigenvalue weighted by Crippen LogP contribution is 2.11. The maximum atomic E-state index is 11.8. The molecule has 1 unspecified atom stereocenters. The topological polar surface area (TPSA) is 95.7 Å². The molecule has 1 aromatic rings. The number of carbonyl (C=O) groups excluding carboxylic acids is 1. The Morgan fingerprint density at radius 2 is 2.11 bits per heavy atom. The lowest BCUT2D eigenvalue weighted by Crippen LogP contribution is -2.40. The largest absolute Gasteiger partial charge is 0.481 e. The van der Waals surface area contributed by atoms with Crippen molar-refractivity contribution in [2.75, 3.05) is 13.6 Å². The number of amides is 2. The number of urea groups is 1. The number of carboxylic acid groups (broad SMARTS) is 1. The van der Waals surface area contributed by atoms with Crippen molar-refractivity contribution in [1.82, 2.24) is 15.4 Å². The molecule has 1 heterocycles. The van der Waals surface area contributed by atoms with Gasteiger partial charge in [-0.2, -0.15) is 0 Å². The first-order valence-electron chi connectivity index (χ1n) is 5.96. The highest BCUT2D eigenvalue weighted by molar-refractivity contribution is 5.75. The molecule has 0 aliphatic rings. The van der Waals surface area contributed by atoms with E-state index in [2.05, 4.69) is 10.5 Å². The van der Waals surface area contributed by atoms with E-state index in [1.165, 1.54) is 4.90 Å². The molecular weight excluding hydrogens is 250 g/mol. The van der Waals surface area contributed by atoms with Crippen molar-refractivity contribution in [2.45, 2.75) is 27.3 Å². The third-order valence-corrected chi connectivity index (χ3v) is 2.91. The molecule has 0 bridgehead atoms. The summed E-state index contributed by atoms with van der Waals surface area (Å²) in [5.41, 5.74) is 1.58. The van der Waals surface area contributed by atoms with Crippen LogP contribution in [0.3, 0.4) is 0 Å². The Morgan fingerprint density at radius 3 is 2.58 bits per heavy atom. The van der Waals surface area contributed by atoms with Gasteiger partial charge in [-0.3, -0.25) is 4.79 Å². The number of rotatable bonds is 5. The minimum atomic E-state index is -0.926. The number of aliphatic carboxylic acids is 1. The van der Waals surface area contributed by atoms with Crippen molar-refractivity contribution >= 4 is 12.0 Å². The second kappa shape index (κ2) is 6.21. The van der Waals surface area contributed by atoms with Gasteiger partial charge in [0.05, 0.1) is 11.6 Å². The van der Waals surface area contributed by atoms with Crippen LogP contribution >= 0.6 is 0 Å². The van der Waals surface area contributed by atoms with Crippen molar-refractivity contribution in [2.24, 2.45) is 5.92 Å². The third-order valence-electron chi connectivity index (χ3n) is 2.91. The molecule has 7 heteroatoms. The van der Waals surface area contributed by atoms with Crippen LogP contribution in [0.1, 0.15) is 23.9 Å². The molecule has 0 saturated carbocycles. The minimum absolute atomic E-state index is 0.156. The summed E-state index contributed by atoms with van der Waals surface area (Å²) < 4.78 is 4.99. The number of nitrogens with one attached hydrogen (secondary N) is 1. The number of carbonyl (C=O) groups is 2. The van der Waals surface area contributed by atoms with Crippen molar-refractivity contribution in [1.29, 1.82) is 0 Å². The van der Waals surface area contributed by atoms with E-state index in [1.54, 1.807) is 27.8 Å². The average molecular weight is 269 g/mol. The summed E-state index contributed by atoms with van der Waals surface area (Å²) in [7, 11) is 1.56. The molecule has 0 saturated heterocycles. The molecule has 0 radical (unpaired) electrons. The Hall–Kier alpha value is -2.05. The molecular formula is C12H19N3O4. The maximum absolute atomic E-state index is 11.8. The van der Waals surface area contributed by atoms with Gasteiger partial charge in [-0.15, -0.1) is 0 Å². The van der Waals surface area contributed by atoms with Crippen molar-refractivity contribution in [3.05, 3.63) is 17.0 Å². The van der Waals surface area contributed by atoms with Gasteiger partial charge in [0.25, 0.3) is 0 Å². The zero-order valence-corrected chi connectivity index (χ0v) is 11.6. The first-order valence-corrected chi connectivity index (χ1v) is 5.96. The fourth-order valence-corrected chi connectivity index (χ4v) is 1.63. The molecule has 1 atom stereocenters. The first-order chi connectivity index (χ1) is 8.82. The van der Waals surface area contributed by atoms with E-state index in [-0.39, 0.29) is 12.6 Å². The quantitative estimate of drug-likeness (QED) is 0.836. The van der Waals surface area contributed by atoms with Gasteiger partial charge < -0.3 is 19.8 Å². The lowest BCUT2D eigenvalue weighted by Gasteiger charge is -2.19. The molecule has 0 fully saturated rings. The van der Waals surface area contributed by atoms with Crippen molar-refractivity contribution in [3.63, 3.8) is 0 Å². The number of aryl methyl sites for hydroxylation is 2. The van der Waals surface area contributed by atoms with Crippen LogP contribution in [0.15, 0.2) is 4.52 Å². The molecule has 106 valence electrons. The van der Waals surface area contributed by atoms with E-state index in [9.17, 15) is 9.59 Å². The molecule has 0 spiro atoms. The van der Waals surface area contributed by atoms with E-state index < -0.39 is 11.9 Å². The van der Waals surface area contributed by atoms with Gasteiger partial charge in [0.1, 0.15) is 5.76 Å². The lowest BCUT2D eigenvalue weighted by molar-refractivity contribution is -0.141. The van der Waals surface area contributed by atoms with E-state index in [4.69, 9.17) is 9.63 Å². The molecule has 1 rings (SSSR count). The number of hydrogen-bond donors (Lipinski definition) is 2. The molecule has 7 nitrogen and oxygen atoms in total. The Labute approximate surface area is 111 Å². The Bertz CT molecular complexity index is 450. The number of nitrogens with zero attached hydrogens (tertiary/aromatic N) is 2.